The van der Waals surface area contributed by atoms with Gasteiger partial charge in [-0.05, 0) is 24.6 Å². The van der Waals surface area contributed by atoms with E-state index in [4.69, 9.17) is 4.74 Å². The van der Waals surface area contributed by atoms with E-state index in [1.54, 1.807) is 7.11 Å². The molecule has 0 saturated heterocycles. The zero-order valence-corrected chi connectivity index (χ0v) is 10.8. The third-order valence-electron chi connectivity index (χ3n) is 2.82. The molecule has 0 radical (unpaired) electrons. The molecule has 1 atom stereocenters. The molecule has 1 aromatic carbocycles. The zero-order chi connectivity index (χ0) is 13.8. The molecule has 0 amide bonds. The molecular formula is C14H15FN2O2. The van der Waals surface area contributed by atoms with E-state index in [-0.39, 0.29) is 11.3 Å². The molecule has 0 aliphatic heterocycles. The minimum absolute atomic E-state index is 0.163. The largest absolute Gasteiger partial charge is 0.497 e. The van der Waals surface area contributed by atoms with Crippen LogP contribution in [0.4, 0.5) is 4.39 Å². The van der Waals surface area contributed by atoms with Crippen molar-refractivity contribution in [2.45, 2.75) is 19.6 Å². The molecule has 2 rings (SSSR count). The van der Waals surface area contributed by atoms with Crippen molar-refractivity contribution in [3.8, 4) is 5.75 Å². The third-order valence-corrected chi connectivity index (χ3v) is 2.82. The number of halogens is 1. The van der Waals surface area contributed by atoms with Gasteiger partial charge >= 0.3 is 0 Å². The molecule has 4 nitrogen and oxygen atoms in total. The average molecular weight is 262 g/mol. The van der Waals surface area contributed by atoms with Gasteiger partial charge in [0.1, 0.15) is 11.9 Å². The molecule has 0 bridgehead atoms. The molecule has 1 heterocycles. The zero-order valence-electron chi connectivity index (χ0n) is 10.8. The molecule has 0 saturated carbocycles. The summed E-state index contributed by atoms with van der Waals surface area (Å²) in [6.07, 6.45) is 0.140. The molecular weight excluding hydrogens is 247 g/mol. The minimum atomic E-state index is -1.23. The summed E-state index contributed by atoms with van der Waals surface area (Å²) in [5.74, 6) is 0.760. The summed E-state index contributed by atoms with van der Waals surface area (Å²) in [4.78, 5) is 15.7. The summed E-state index contributed by atoms with van der Waals surface area (Å²) < 4.78 is 19.5. The summed E-state index contributed by atoms with van der Waals surface area (Å²) in [6, 6.07) is 8.62. The lowest BCUT2D eigenvalue weighted by molar-refractivity contribution is 0.364. The lowest BCUT2D eigenvalue weighted by atomic mass is 10.2. The van der Waals surface area contributed by atoms with Crippen molar-refractivity contribution in [2.24, 2.45) is 0 Å². The number of hydrogen-bond donors (Lipinski definition) is 0. The number of methoxy groups -OCH3 is 1. The van der Waals surface area contributed by atoms with Gasteiger partial charge in [-0.25, -0.2) is 9.37 Å². The van der Waals surface area contributed by atoms with Crippen LogP contribution in [0.3, 0.4) is 0 Å². The average Bonchev–Trinajstić information content (AvgIpc) is 2.41. The van der Waals surface area contributed by atoms with E-state index in [9.17, 15) is 9.18 Å². The Balaban J connectivity index is 2.21. The molecule has 1 unspecified atom stereocenters. The first-order valence-corrected chi connectivity index (χ1v) is 5.93. The highest BCUT2D eigenvalue weighted by Gasteiger charge is 2.07. The fraction of sp³-hybridized carbons (Fsp3) is 0.286. The Hall–Kier alpha value is -2.17. The van der Waals surface area contributed by atoms with Gasteiger partial charge in [0.25, 0.3) is 5.56 Å². The Morgan fingerprint density at radius 3 is 2.58 bits per heavy atom. The van der Waals surface area contributed by atoms with Gasteiger partial charge < -0.3 is 4.74 Å². The van der Waals surface area contributed by atoms with Crippen molar-refractivity contribution in [1.82, 2.24) is 9.55 Å². The molecule has 1 aromatic heterocycles. The van der Waals surface area contributed by atoms with Crippen molar-refractivity contribution in [3.63, 3.8) is 0 Å². The standard InChI is InChI=1S/C14H15FN2O2/c1-10(15)13-7-14(18)17(9-16-13)8-11-3-5-12(19-2)6-4-11/h3-7,9-10H,8H2,1-2H3. The van der Waals surface area contributed by atoms with Gasteiger partial charge in [-0.1, -0.05) is 12.1 Å². The van der Waals surface area contributed by atoms with Crippen molar-refractivity contribution < 1.29 is 9.13 Å². The normalized spacial score (nSPS) is 12.2. The summed E-state index contributed by atoms with van der Waals surface area (Å²) in [7, 11) is 1.60. The molecule has 0 spiro atoms. The van der Waals surface area contributed by atoms with E-state index in [1.165, 1.54) is 23.9 Å². The van der Waals surface area contributed by atoms with Crippen LogP contribution in [-0.4, -0.2) is 16.7 Å². The van der Waals surface area contributed by atoms with E-state index in [1.807, 2.05) is 24.3 Å². The number of aromatic nitrogens is 2. The summed E-state index contributed by atoms with van der Waals surface area (Å²) in [5.41, 5.74) is 0.854. The Morgan fingerprint density at radius 1 is 1.37 bits per heavy atom. The highest BCUT2D eigenvalue weighted by molar-refractivity contribution is 5.27. The lowest BCUT2D eigenvalue weighted by Crippen LogP contribution is -2.21. The van der Waals surface area contributed by atoms with E-state index in [0.717, 1.165) is 11.3 Å². The summed E-state index contributed by atoms with van der Waals surface area (Å²) >= 11 is 0. The van der Waals surface area contributed by atoms with Crippen LogP contribution in [0.25, 0.3) is 0 Å². The van der Waals surface area contributed by atoms with E-state index < -0.39 is 6.17 Å². The van der Waals surface area contributed by atoms with Crippen molar-refractivity contribution in [1.29, 1.82) is 0 Å². The number of alkyl halides is 1. The minimum Gasteiger partial charge on any atom is -0.497 e. The van der Waals surface area contributed by atoms with Crippen LogP contribution in [0.5, 0.6) is 5.75 Å². The topological polar surface area (TPSA) is 44.1 Å². The quantitative estimate of drug-likeness (QED) is 0.849. The van der Waals surface area contributed by atoms with Crippen LogP contribution in [-0.2, 0) is 6.54 Å². The molecule has 0 N–H and O–H groups in total. The smallest absolute Gasteiger partial charge is 0.253 e. The molecule has 0 fully saturated rings. The third kappa shape index (κ3) is 3.19. The van der Waals surface area contributed by atoms with Gasteiger partial charge in [0.15, 0.2) is 0 Å². The fourth-order valence-corrected chi connectivity index (χ4v) is 1.70. The SMILES string of the molecule is COc1ccc(Cn2cnc(C(C)F)cc2=O)cc1. The van der Waals surface area contributed by atoms with Gasteiger partial charge in [-0.3, -0.25) is 9.36 Å². The molecule has 5 heteroatoms. The van der Waals surface area contributed by atoms with Gasteiger partial charge in [-0.2, -0.15) is 0 Å². The van der Waals surface area contributed by atoms with E-state index in [2.05, 4.69) is 4.98 Å². The van der Waals surface area contributed by atoms with Gasteiger partial charge in [0.2, 0.25) is 0 Å². The second-order valence-corrected chi connectivity index (χ2v) is 4.24. The maximum atomic E-state index is 13.0. The second-order valence-electron chi connectivity index (χ2n) is 4.24. The molecule has 100 valence electrons. The van der Waals surface area contributed by atoms with Crippen molar-refractivity contribution in [3.05, 3.63) is 58.3 Å². The number of ether oxygens (including phenoxy) is 1. The predicted molar refractivity (Wildman–Crippen MR) is 70.1 cm³/mol. The van der Waals surface area contributed by atoms with E-state index in [0.29, 0.717) is 6.54 Å². The predicted octanol–water partition coefficient (Wildman–Crippen LogP) is 2.33. The highest BCUT2D eigenvalue weighted by atomic mass is 19.1. The first kappa shape index (κ1) is 13.3. The maximum absolute atomic E-state index is 13.0. The fourth-order valence-electron chi connectivity index (χ4n) is 1.70. The maximum Gasteiger partial charge on any atom is 0.253 e. The van der Waals surface area contributed by atoms with E-state index >= 15 is 0 Å². The van der Waals surface area contributed by atoms with Crippen LogP contribution in [0.15, 0.2) is 41.5 Å². The Labute approximate surface area is 110 Å². The van der Waals surface area contributed by atoms with Crippen LogP contribution in [0.1, 0.15) is 24.4 Å². The lowest BCUT2D eigenvalue weighted by Gasteiger charge is -2.07. The van der Waals surface area contributed by atoms with Crippen LogP contribution in [0, 0.1) is 0 Å². The number of rotatable bonds is 4. The molecule has 0 aliphatic carbocycles. The second kappa shape index (κ2) is 5.65. The highest BCUT2D eigenvalue weighted by Crippen LogP contribution is 2.13. The first-order valence-electron chi connectivity index (χ1n) is 5.93. The monoisotopic (exact) mass is 262 g/mol. The van der Waals surface area contributed by atoms with Gasteiger partial charge in [-0.15, -0.1) is 0 Å². The first-order chi connectivity index (χ1) is 9.10. The Kier molecular flexibility index (Phi) is 3.94. The van der Waals surface area contributed by atoms with Gasteiger partial charge in [0, 0.05) is 6.07 Å². The number of benzene rings is 1. The Bertz CT molecular complexity index is 606. The number of nitrogens with zero attached hydrogens (tertiary/aromatic N) is 2. The van der Waals surface area contributed by atoms with Crippen molar-refractivity contribution in [2.75, 3.05) is 7.11 Å². The van der Waals surface area contributed by atoms with Crippen molar-refractivity contribution >= 4 is 0 Å². The molecule has 19 heavy (non-hydrogen) atoms. The Morgan fingerprint density at radius 2 is 2.05 bits per heavy atom. The summed E-state index contributed by atoms with van der Waals surface area (Å²) in [6.45, 7) is 1.76. The summed E-state index contributed by atoms with van der Waals surface area (Å²) in [5, 5.41) is 0. The van der Waals surface area contributed by atoms with Crippen LogP contribution in [0.2, 0.25) is 0 Å². The number of hydrogen-bond acceptors (Lipinski definition) is 3. The van der Waals surface area contributed by atoms with Crippen LogP contribution < -0.4 is 10.3 Å². The molecule has 0 aliphatic rings. The molecule has 2 aromatic rings. The van der Waals surface area contributed by atoms with Crippen LogP contribution >= 0.6 is 0 Å². The van der Waals surface area contributed by atoms with Gasteiger partial charge in [0.05, 0.1) is 25.7 Å².